The number of para-hydroxylation sites is 2. The third kappa shape index (κ3) is 4.85. The van der Waals surface area contributed by atoms with Gasteiger partial charge in [-0.1, -0.05) is 26.0 Å². The maximum atomic E-state index is 4.64. The standard InChI is InChI=1S/C19H29N5S.HI/c1-14(2)18-13-23(11-12-25-18)19(20-4)21-9-10-24-15(3)22-16-7-5-6-8-17(16)24;/h5-8,14,18H,9-13H2,1-4H3,(H,20,21);1H. The molecule has 1 aliphatic heterocycles. The lowest BCUT2D eigenvalue weighted by Crippen LogP contribution is -2.49. The van der Waals surface area contributed by atoms with Crippen molar-refractivity contribution < 1.29 is 0 Å². The topological polar surface area (TPSA) is 45.5 Å². The molecular weight excluding hydrogens is 457 g/mol. The molecule has 1 aromatic heterocycles. The Labute approximate surface area is 178 Å². The van der Waals surface area contributed by atoms with Gasteiger partial charge in [-0.2, -0.15) is 11.8 Å². The number of imidazole rings is 1. The molecule has 0 aliphatic carbocycles. The minimum atomic E-state index is 0. The summed E-state index contributed by atoms with van der Waals surface area (Å²) in [5.41, 5.74) is 2.27. The molecule has 7 heteroatoms. The first-order valence-corrected chi connectivity index (χ1v) is 10.1. The Hall–Kier alpha value is -0.960. The number of rotatable bonds is 4. The summed E-state index contributed by atoms with van der Waals surface area (Å²) in [5, 5.41) is 4.23. The smallest absolute Gasteiger partial charge is 0.193 e. The van der Waals surface area contributed by atoms with Crippen molar-refractivity contribution in [3.05, 3.63) is 30.1 Å². The van der Waals surface area contributed by atoms with E-state index in [4.69, 9.17) is 0 Å². The molecule has 1 fully saturated rings. The van der Waals surface area contributed by atoms with Gasteiger partial charge < -0.3 is 14.8 Å². The van der Waals surface area contributed by atoms with Gasteiger partial charge in [0.25, 0.3) is 0 Å². The fourth-order valence-electron chi connectivity index (χ4n) is 3.36. The normalized spacial score (nSPS) is 18.3. The second kappa shape index (κ2) is 9.82. The van der Waals surface area contributed by atoms with Gasteiger partial charge in [0.05, 0.1) is 11.0 Å². The van der Waals surface area contributed by atoms with E-state index in [0.717, 1.165) is 43.5 Å². The summed E-state index contributed by atoms with van der Waals surface area (Å²) >= 11 is 2.09. The molecule has 1 atom stereocenters. The quantitative estimate of drug-likeness (QED) is 0.407. The van der Waals surface area contributed by atoms with E-state index in [-0.39, 0.29) is 24.0 Å². The molecule has 2 heterocycles. The van der Waals surface area contributed by atoms with Gasteiger partial charge in [0.2, 0.25) is 0 Å². The molecule has 1 N–H and O–H groups in total. The number of aryl methyl sites for hydroxylation is 1. The van der Waals surface area contributed by atoms with Crippen LogP contribution in [0.3, 0.4) is 0 Å². The largest absolute Gasteiger partial charge is 0.354 e. The van der Waals surface area contributed by atoms with Crippen LogP contribution in [0.1, 0.15) is 19.7 Å². The first-order chi connectivity index (χ1) is 12.1. The van der Waals surface area contributed by atoms with Gasteiger partial charge >= 0.3 is 0 Å². The van der Waals surface area contributed by atoms with Crippen molar-refractivity contribution in [2.75, 3.05) is 32.4 Å². The second-order valence-corrected chi connectivity index (χ2v) is 8.22. The first kappa shape index (κ1) is 21.3. The van der Waals surface area contributed by atoms with E-state index >= 15 is 0 Å². The molecule has 0 amide bonds. The Kier molecular flexibility index (Phi) is 8.06. The van der Waals surface area contributed by atoms with Crippen molar-refractivity contribution in [1.29, 1.82) is 0 Å². The zero-order valence-electron chi connectivity index (χ0n) is 16.1. The highest BCUT2D eigenvalue weighted by atomic mass is 127. The van der Waals surface area contributed by atoms with E-state index < -0.39 is 0 Å². The molecule has 3 rings (SSSR count). The first-order valence-electron chi connectivity index (χ1n) is 9.09. The summed E-state index contributed by atoms with van der Waals surface area (Å²) in [6, 6.07) is 8.32. The van der Waals surface area contributed by atoms with Crippen LogP contribution in [0.5, 0.6) is 0 Å². The van der Waals surface area contributed by atoms with Crippen LogP contribution in [0.15, 0.2) is 29.3 Å². The van der Waals surface area contributed by atoms with Gasteiger partial charge in [-0.05, 0) is 25.0 Å². The van der Waals surface area contributed by atoms with E-state index in [0.29, 0.717) is 11.2 Å². The molecule has 0 saturated carbocycles. The van der Waals surface area contributed by atoms with Gasteiger partial charge in [-0.25, -0.2) is 4.98 Å². The van der Waals surface area contributed by atoms with Crippen molar-refractivity contribution >= 4 is 52.7 Å². The third-order valence-corrected chi connectivity index (χ3v) is 6.35. The Morgan fingerprint density at radius 1 is 1.38 bits per heavy atom. The van der Waals surface area contributed by atoms with Crippen LogP contribution in [-0.4, -0.2) is 58.1 Å². The number of benzene rings is 1. The average Bonchev–Trinajstić information content (AvgIpc) is 2.94. The molecule has 0 bridgehead atoms. The molecule has 1 aliphatic rings. The number of nitrogens with one attached hydrogen (secondary N) is 1. The number of aliphatic imine (C=N–C) groups is 1. The lowest BCUT2D eigenvalue weighted by atomic mass is 10.1. The monoisotopic (exact) mass is 487 g/mol. The maximum absolute atomic E-state index is 4.64. The van der Waals surface area contributed by atoms with Crippen LogP contribution in [0, 0.1) is 12.8 Å². The number of thioether (sulfide) groups is 1. The van der Waals surface area contributed by atoms with Crippen molar-refractivity contribution in [2.45, 2.75) is 32.6 Å². The van der Waals surface area contributed by atoms with Gasteiger partial charge in [-0.15, -0.1) is 24.0 Å². The molecule has 0 spiro atoms. The van der Waals surface area contributed by atoms with Gasteiger partial charge in [0.15, 0.2) is 5.96 Å². The van der Waals surface area contributed by atoms with Crippen LogP contribution < -0.4 is 5.32 Å². The lowest BCUT2D eigenvalue weighted by molar-refractivity contribution is 0.380. The Bertz CT molecular complexity index is 743. The number of guanidine groups is 1. The van der Waals surface area contributed by atoms with E-state index in [1.807, 2.05) is 13.1 Å². The van der Waals surface area contributed by atoms with Crippen molar-refractivity contribution in [3.63, 3.8) is 0 Å². The van der Waals surface area contributed by atoms with Crippen LogP contribution in [0.25, 0.3) is 11.0 Å². The van der Waals surface area contributed by atoms with Crippen molar-refractivity contribution in [3.8, 4) is 0 Å². The molecule has 5 nitrogen and oxygen atoms in total. The summed E-state index contributed by atoms with van der Waals surface area (Å²) in [6.45, 7) is 10.6. The summed E-state index contributed by atoms with van der Waals surface area (Å²) in [5.74, 6) is 3.96. The lowest BCUT2D eigenvalue weighted by Gasteiger charge is -2.36. The highest BCUT2D eigenvalue weighted by molar-refractivity contribution is 14.0. The molecule has 2 aromatic rings. The second-order valence-electron chi connectivity index (χ2n) is 6.87. The number of hydrogen-bond acceptors (Lipinski definition) is 3. The Balaban J connectivity index is 0.00000243. The Morgan fingerprint density at radius 3 is 2.88 bits per heavy atom. The summed E-state index contributed by atoms with van der Waals surface area (Å²) in [4.78, 5) is 11.6. The van der Waals surface area contributed by atoms with E-state index in [1.54, 1.807) is 0 Å². The van der Waals surface area contributed by atoms with Gasteiger partial charge in [0, 0.05) is 44.2 Å². The van der Waals surface area contributed by atoms with Gasteiger partial charge in [-0.3, -0.25) is 4.99 Å². The Morgan fingerprint density at radius 2 is 2.15 bits per heavy atom. The van der Waals surface area contributed by atoms with E-state index in [2.05, 4.69) is 75.5 Å². The predicted molar refractivity (Wildman–Crippen MR) is 124 cm³/mol. The molecular formula is C19H30IN5S. The molecule has 0 radical (unpaired) electrons. The zero-order chi connectivity index (χ0) is 17.8. The van der Waals surface area contributed by atoms with Crippen LogP contribution in [0.4, 0.5) is 0 Å². The van der Waals surface area contributed by atoms with E-state index in [1.165, 1.54) is 11.3 Å². The molecule has 1 unspecified atom stereocenters. The van der Waals surface area contributed by atoms with Crippen LogP contribution >= 0.6 is 35.7 Å². The molecule has 26 heavy (non-hydrogen) atoms. The van der Waals surface area contributed by atoms with Crippen LogP contribution in [0.2, 0.25) is 0 Å². The highest BCUT2D eigenvalue weighted by Gasteiger charge is 2.24. The number of hydrogen-bond donors (Lipinski definition) is 1. The minimum Gasteiger partial charge on any atom is -0.354 e. The zero-order valence-corrected chi connectivity index (χ0v) is 19.3. The van der Waals surface area contributed by atoms with E-state index in [9.17, 15) is 0 Å². The predicted octanol–water partition coefficient (Wildman–Crippen LogP) is 3.61. The average molecular weight is 487 g/mol. The summed E-state index contributed by atoms with van der Waals surface area (Å²) < 4.78 is 2.28. The highest BCUT2D eigenvalue weighted by Crippen LogP contribution is 2.24. The fourth-order valence-corrected chi connectivity index (χ4v) is 4.66. The number of aromatic nitrogens is 2. The van der Waals surface area contributed by atoms with Crippen molar-refractivity contribution in [2.24, 2.45) is 10.9 Å². The van der Waals surface area contributed by atoms with Gasteiger partial charge in [0.1, 0.15) is 5.82 Å². The SMILES string of the molecule is CN=C(NCCn1c(C)nc2ccccc21)N1CCSC(C(C)C)C1.I. The number of halogens is 1. The molecule has 1 aromatic carbocycles. The molecule has 144 valence electrons. The summed E-state index contributed by atoms with van der Waals surface area (Å²) in [7, 11) is 1.88. The van der Waals surface area contributed by atoms with Crippen LogP contribution in [-0.2, 0) is 6.54 Å². The summed E-state index contributed by atoms with van der Waals surface area (Å²) in [6.07, 6.45) is 0. The molecule has 1 saturated heterocycles. The maximum Gasteiger partial charge on any atom is 0.193 e. The third-order valence-electron chi connectivity index (χ3n) is 4.81. The number of nitrogens with zero attached hydrogens (tertiary/aromatic N) is 4. The van der Waals surface area contributed by atoms with Crippen molar-refractivity contribution in [1.82, 2.24) is 19.8 Å². The minimum absolute atomic E-state index is 0. The number of fused-ring (bicyclic) bond motifs is 1. The fraction of sp³-hybridized carbons (Fsp3) is 0.579.